The van der Waals surface area contributed by atoms with E-state index in [0.717, 1.165) is 10.6 Å². The summed E-state index contributed by atoms with van der Waals surface area (Å²) in [6, 6.07) is 11.4. The van der Waals surface area contributed by atoms with Crippen molar-refractivity contribution in [1.82, 2.24) is 25.1 Å². The first-order valence-electron chi connectivity index (χ1n) is 6.88. The predicted molar refractivity (Wildman–Crippen MR) is 89.6 cm³/mol. The molecule has 0 spiro atoms. The fourth-order valence-corrected chi connectivity index (χ4v) is 3.48. The molecule has 0 radical (unpaired) electrons. The average molecular weight is 341 g/mol. The molecule has 4 aromatic heterocycles. The molecule has 1 N–H and O–H groups in total. The summed E-state index contributed by atoms with van der Waals surface area (Å²) in [5.74, 6) is 0.481. The minimum atomic E-state index is -0.119. The largest absolute Gasteiger partial charge is 0.344 e. The standard InChI is InChI=1S/C15H11N5OS2/c21-15(12-4-2-8-23-12)16-9-14-18-17-13-6-5-10(19-20(13)14)11-3-1-7-22-11/h1-8H,9H2,(H,16,21). The first kappa shape index (κ1) is 14.0. The minimum absolute atomic E-state index is 0.119. The molecular weight excluding hydrogens is 330 g/mol. The van der Waals surface area contributed by atoms with Crippen molar-refractivity contribution >= 4 is 34.2 Å². The monoisotopic (exact) mass is 341 g/mol. The predicted octanol–water partition coefficient (Wildman–Crippen LogP) is 2.84. The van der Waals surface area contributed by atoms with Gasteiger partial charge in [0.25, 0.3) is 5.91 Å². The molecule has 0 aliphatic rings. The maximum absolute atomic E-state index is 12.0. The van der Waals surface area contributed by atoms with Gasteiger partial charge in [0.2, 0.25) is 0 Å². The maximum atomic E-state index is 12.0. The fraction of sp³-hybridized carbons (Fsp3) is 0.0667. The Bertz CT molecular complexity index is 944. The smallest absolute Gasteiger partial charge is 0.261 e. The third kappa shape index (κ3) is 2.73. The van der Waals surface area contributed by atoms with Crippen molar-refractivity contribution in [2.24, 2.45) is 0 Å². The molecular formula is C15H11N5OS2. The average Bonchev–Trinajstić information content (AvgIpc) is 3.33. The number of hydrogen-bond donors (Lipinski definition) is 1. The van der Waals surface area contributed by atoms with E-state index in [9.17, 15) is 4.79 Å². The fourth-order valence-electron chi connectivity index (χ4n) is 2.15. The van der Waals surface area contributed by atoms with E-state index in [1.54, 1.807) is 21.9 Å². The summed E-state index contributed by atoms with van der Waals surface area (Å²) in [6.45, 7) is 0.277. The Kier molecular flexibility index (Phi) is 3.60. The van der Waals surface area contributed by atoms with Crippen LogP contribution in [0.5, 0.6) is 0 Å². The van der Waals surface area contributed by atoms with E-state index < -0.39 is 0 Å². The van der Waals surface area contributed by atoms with Crippen LogP contribution in [0.4, 0.5) is 0 Å². The van der Waals surface area contributed by atoms with E-state index in [4.69, 9.17) is 0 Å². The van der Waals surface area contributed by atoms with Gasteiger partial charge in [-0.2, -0.15) is 9.61 Å². The van der Waals surface area contributed by atoms with E-state index in [0.29, 0.717) is 16.3 Å². The van der Waals surface area contributed by atoms with Crippen molar-refractivity contribution < 1.29 is 4.79 Å². The molecule has 0 aromatic carbocycles. The molecule has 23 heavy (non-hydrogen) atoms. The number of amides is 1. The van der Waals surface area contributed by atoms with Crippen molar-refractivity contribution in [3.05, 3.63) is 57.9 Å². The Morgan fingerprint density at radius 2 is 1.96 bits per heavy atom. The van der Waals surface area contributed by atoms with Crippen molar-refractivity contribution in [2.75, 3.05) is 0 Å². The topological polar surface area (TPSA) is 72.2 Å². The number of nitrogens with one attached hydrogen (secondary N) is 1. The number of rotatable bonds is 4. The van der Waals surface area contributed by atoms with Gasteiger partial charge < -0.3 is 5.32 Å². The highest BCUT2D eigenvalue weighted by Crippen LogP contribution is 2.22. The number of nitrogens with zero attached hydrogens (tertiary/aromatic N) is 4. The molecule has 4 aromatic rings. The van der Waals surface area contributed by atoms with Gasteiger partial charge in [0.15, 0.2) is 11.5 Å². The highest BCUT2D eigenvalue weighted by molar-refractivity contribution is 7.13. The zero-order valence-corrected chi connectivity index (χ0v) is 13.5. The SMILES string of the molecule is O=C(NCc1nnc2ccc(-c3cccs3)nn12)c1cccs1. The van der Waals surface area contributed by atoms with Crippen molar-refractivity contribution in [3.8, 4) is 10.6 Å². The quantitative estimate of drug-likeness (QED) is 0.619. The van der Waals surface area contributed by atoms with E-state index >= 15 is 0 Å². The van der Waals surface area contributed by atoms with E-state index in [1.165, 1.54) is 11.3 Å². The second-order valence-corrected chi connectivity index (χ2v) is 6.64. The van der Waals surface area contributed by atoms with Gasteiger partial charge in [0, 0.05) is 0 Å². The summed E-state index contributed by atoms with van der Waals surface area (Å²) in [6.07, 6.45) is 0. The normalized spacial score (nSPS) is 11.0. The van der Waals surface area contributed by atoms with Gasteiger partial charge in [0.05, 0.1) is 16.3 Å². The van der Waals surface area contributed by atoms with Crippen LogP contribution in [0.15, 0.2) is 47.2 Å². The van der Waals surface area contributed by atoms with Gasteiger partial charge in [-0.1, -0.05) is 12.1 Å². The molecule has 0 saturated heterocycles. The number of carbonyl (C=O) groups is 1. The van der Waals surface area contributed by atoms with E-state index in [-0.39, 0.29) is 12.5 Å². The van der Waals surface area contributed by atoms with Crippen LogP contribution in [-0.2, 0) is 6.54 Å². The summed E-state index contributed by atoms with van der Waals surface area (Å²) in [5, 5.41) is 19.5. The maximum Gasteiger partial charge on any atom is 0.261 e. The first-order valence-corrected chi connectivity index (χ1v) is 8.64. The number of aromatic nitrogens is 4. The van der Waals surface area contributed by atoms with Crippen LogP contribution in [0, 0.1) is 0 Å². The van der Waals surface area contributed by atoms with E-state index in [2.05, 4.69) is 20.6 Å². The first-order chi connectivity index (χ1) is 11.3. The molecule has 0 bridgehead atoms. The summed E-state index contributed by atoms with van der Waals surface area (Å²) in [7, 11) is 0. The lowest BCUT2D eigenvalue weighted by molar-refractivity contribution is 0.0953. The molecule has 4 heterocycles. The van der Waals surface area contributed by atoms with Crippen LogP contribution in [0.3, 0.4) is 0 Å². The van der Waals surface area contributed by atoms with Crippen molar-refractivity contribution in [3.63, 3.8) is 0 Å². The lowest BCUT2D eigenvalue weighted by atomic mass is 10.3. The zero-order chi connectivity index (χ0) is 15.6. The number of fused-ring (bicyclic) bond motifs is 1. The Morgan fingerprint density at radius 1 is 1.09 bits per heavy atom. The third-order valence-corrected chi connectivity index (χ3v) is 5.01. The molecule has 4 rings (SSSR count). The summed E-state index contributed by atoms with van der Waals surface area (Å²) >= 11 is 3.03. The number of thiophene rings is 2. The Labute approximate surface area is 139 Å². The van der Waals surface area contributed by atoms with Crippen LogP contribution in [-0.4, -0.2) is 25.7 Å². The molecule has 0 aliphatic heterocycles. The van der Waals surface area contributed by atoms with Crippen LogP contribution in [0.1, 0.15) is 15.5 Å². The van der Waals surface area contributed by atoms with Gasteiger partial charge in [-0.3, -0.25) is 4.79 Å². The van der Waals surface area contributed by atoms with Crippen LogP contribution >= 0.6 is 22.7 Å². The minimum Gasteiger partial charge on any atom is -0.344 e. The second-order valence-electron chi connectivity index (χ2n) is 4.74. The number of carbonyl (C=O) groups excluding carboxylic acids is 1. The lowest BCUT2D eigenvalue weighted by Crippen LogP contribution is -2.23. The molecule has 0 aliphatic carbocycles. The van der Waals surface area contributed by atoms with Crippen LogP contribution < -0.4 is 5.32 Å². The molecule has 1 amide bonds. The molecule has 8 heteroatoms. The second kappa shape index (κ2) is 5.90. The van der Waals surface area contributed by atoms with Crippen LogP contribution in [0.2, 0.25) is 0 Å². The Balaban J connectivity index is 1.60. The third-order valence-electron chi connectivity index (χ3n) is 3.25. The Hall–Kier alpha value is -2.58. The van der Waals surface area contributed by atoms with Crippen molar-refractivity contribution in [1.29, 1.82) is 0 Å². The molecule has 114 valence electrons. The van der Waals surface area contributed by atoms with Gasteiger partial charge in [-0.25, -0.2) is 0 Å². The van der Waals surface area contributed by atoms with Crippen molar-refractivity contribution in [2.45, 2.75) is 6.54 Å². The van der Waals surface area contributed by atoms with Gasteiger partial charge in [0.1, 0.15) is 5.69 Å². The summed E-state index contributed by atoms with van der Waals surface area (Å²) < 4.78 is 1.67. The zero-order valence-electron chi connectivity index (χ0n) is 11.8. The van der Waals surface area contributed by atoms with Crippen LogP contribution in [0.25, 0.3) is 16.2 Å². The molecule has 0 saturated carbocycles. The molecule has 0 fully saturated rings. The summed E-state index contributed by atoms with van der Waals surface area (Å²) in [4.78, 5) is 13.8. The Morgan fingerprint density at radius 3 is 2.74 bits per heavy atom. The van der Waals surface area contributed by atoms with Gasteiger partial charge >= 0.3 is 0 Å². The molecule has 0 unspecified atom stereocenters. The molecule has 0 atom stereocenters. The number of hydrogen-bond acceptors (Lipinski definition) is 6. The van der Waals surface area contributed by atoms with E-state index in [1.807, 2.05) is 41.1 Å². The summed E-state index contributed by atoms with van der Waals surface area (Å²) in [5.41, 5.74) is 1.52. The van der Waals surface area contributed by atoms with Gasteiger partial charge in [-0.05, 0) is 35.0 Å². The highest BCUT2D eigenvalue weighted by atomic mass is 32.1. The molecule has 6 nitrogen and oxygen atoms in total. The van der Waals surface area contributed by atoms with Gasteiger partial charge in [-0.15, -0.1) is 32.9 Å². The highest BCUT2D eigenvalue weighted by Gasteiger charge is 2.11. The lowest BCUT2D eigenvalue weighted by Gasteiger charge is -2.03.